The molecule has 0 radical (unpaired) electrons. The van der Waals surface area contributed by atoms with E-state index in [1.807, 2.05) is 6.07 Å². The van der Waals surface area contributed by atoms with Crippen molar-refractivity contribution in [1.82, 2.24) is 0 Å². The zero-order valence-corrected chi connectivity index (χ0v) is 9.94. The summed E-state index contributed by atoms with van der Waals surface area (Å²) in [6.45, 7) is -0.00934. The molecule has 0 unspecified atom stereocenters. The van der Waals surface area contributed by atoms with Gasteiger partial charge >= 0.3 is 0 Å². The SMILES string of the molecule is FCc1c(Br)cccc1OCCCCl. The molecule has 0 heterocycles. The molecule has 0 saturated carbocycles. The van der Waals surface area contributed by atoms with Crippen molar-refractivity contribution < 1.29 is 9.13 Å². The molecule has 0 atom stereocenters. The molecule has 0 aliphatic heterocycles. The van der Waals surface area contributed by atoms with E-state index in [-0.39, 0.29) is 0 Å². The average Bonchev–Trinajstić information content (AvgIpc) is 2.18. The lowest BCUT2D eigenvalue weighted by atomic mass is 10.2. The molecule has 0 aromatic heterocycles. The molecule has 0 N–H and O–H groups in total. The van der Waals surface area contributed by atoms with E-state index in [1.54, 1.807) is 12.1 Å². The molecule has 0 aliphatic rings. The summed E-state index contributed by atoms with van der Waals surface area (Å²) in [6.07, 6.45) is 0.764. The van der Waals surface area contributed by atoms with Crippen molar-refractivity contribution >= 4 is 27.5 Å². The van der Waals surface area contributed by atoms with Gasteiger partial charge in [0.05, 0.1) is 6.61 Å². The fourth-order valence-electron chi connectivity index (χ4n) is 1.04. The van der Waals surface area contributed by atoms with Gasteiger partial charge in [0, 0.05) is 15.9 Å². The summed E-state index contributed by atoms with van der Waals surface area (Å²) >= 11 is 8.78. The number of rotatable bonds is 5. The molecule has 0 spiro atoms. The Morgan fingerprint density at radius 1 is 1.43 bits per heavy atom. The maximum Gasteiger partial charge on any atom is 0.126 e. The monoisotopic (exact) mass is 280 g/mol. The Morgan fingerprint density at radius 2 is 2.21 bits per heavy atom. The first kappa shape index (κ1) is 11.8. The third-order valence-corrected chi connectivity index (χ3v) is 2.76. The van der Waals surface area contributed by atoms with E-state index in [1.165, 1.54) is 0 Å². The summed E-state index contributed by atoms with van der Waals surface area (Å²) in [5.74, 6) is 1.14. The summed E-state index contributed by atoms with van der Waals surface area (Å²) in [7, 11) is 0. The summed E-state index contributed by atoms with van der Waals surface area (Å²) in [5.41, 5.74) is 0.557. The summed E-state index contributed by atoms with van der Waals surface area (Å²) in [6, 6.07) is 5.37. The highest BCUT2D eigenvalue weighted by Gasteiger charge is 2.06. The van der Waals surface area contributed by atoms with Crippen LogP contribution in [0.15, 0.2) is 22.7 Å². The lowest BCUT2D eigenvalue weighted by molar-refractivity contribution is 0.309. The Bertz CT molecular complexity index is 293. The van der Waals surface area contributed by atoms with Gasteiger partial charge in [0.25, 0.3) is 0 Å². The van der Waals surface area contributed by atoms with Crippen LogP contribution in [0.25, 0.3) is 0 Å². The van der Waals surface area contributed by atoms with Gasteiger partial charge in [0.15, 0.2) is 0 Å². The number of hydrogen-bond donors (Lipinski definition) is 0. The van der Waals surface area contributed by atoms with Crippen molar-refractivity contribution in [2.45, 2.75) is 13.1 Å². The van der Waals surface area contributed by atoms with Crippen LogP contribution in [0.1, 0.15) is 12.0 Å². The molecule has 1 rings (SSSR count). The molecule has 0 aliphatic carbocycles. The Kier molecular flexibility index (Phi) is 5.26. The van der Waals surface area contributed by atoms with Crippen molar-refractivity contribution in [2.24, 2.45) is 0 Å². The average molecular weight is 282 g/mol. The predicted octanol–water partition coefficient (Wildman–Crippen LogP) is 3.93. The second-order valence-corrected chi connectivity index (χ2v) is 3.97. The van der Waals surface area contributed by atoms with Gasteiger partial charge in [0.1, 0.15) is 12.4 Å². The van der Waals surface area contributed by atoms with Crippen molar-refractivity contribution in [3.63, 3.8) is 0 Å². The molecule has 14 heavy (non-hydrogen) atoms. The maximum absolute atomic E-state index is 12.6. The Hall–Kier alpha value is -0.280. The molecule has 1 nitrogen and oxygen atoms in total. The van der Waals surface area contributed by atoms with E-state index < -0.39 is 6.67 Å². The van der Waals surface area contributed by atoms with Gasteiger partial charge in [0.2, 0.25) is 0 Å². The summed E-state index contributed by atoms with van der Waals surface area (Å²) < 4.78 is 18.8. The van der Waals surface area contributed by atoms with E-state index >= 15 is 0 Å². The molecule has 78 valence electrons. The largest absolute Gasteiger partial charge is 0.493 e. The first-order valence-electron chi connectivity index (χ1n) is 4.31. The Labute approximate surface area is 96.3 Å². The normalized spacial score (nSPS) is 10.2. The topological polar surface area (TPSA) is 9.23 Å². The maximum atomic E-state index is 12.6. The molecule has 4 heteroatoms. The Balaban J connectivity index is 2.70. The Morgan fingerprint density at radius 3 is 2.86 bits per heavy atom. The van der Waals surface area contributed by atoms with Crippen LogP contribution in [0.2, 0.25) is 0 Å². The van der Waals surface area contributed by atoms with E-state index in [0.717, 1.165) is 10.9 Å². The quantitative estimate of drug-likeness (QED) is 0.587. The van der Waals surface area contributed by atoms with Crippen LogP contribution in [-0.2, 0) is 6.67 Å². The van der Waals surface area contributed by atoms with Crippen LogP contribution < -0.4 is 4.74 Å². The second kappa shape index (κ2) is 6.25. The highest BCUT2D eigenvalue weighted by Crippen LogP contribution is 2.27. The minimum atomic E-state index is -0.530. The van der Waals surface area contributed by atoms with Crippen LogP contribution in [0.5, 0.6) is 5.75 Å². The summed E-state index contributed by atoms with van der Waals surface area (Å²) in [5, 5.41) is 0. The van der Waals surface area contributed by atoms with Crippen molar-refractivity contribution in [3.05, 3.63) is 28.2 Å². The fraction of sp³-hybridized carbons (Fsp3) is 0.400. The first-order chi connectivity index (χ1) is 6.79. The van der Waals surface area contributed by atoms with E-state index in [4.69, 9.17) is 16.3 Å². The van der Waals surface area contributed by atoms with E-state index in [9.17, 15) is 4.39 Å². The van der Waals surface area contributed by atoms with Crippen molar-refractivity contribution in [2.75, 3.05) is 12.5 Å². The third kappa shape index (κ3) is 3.14. The lowest BCUT2D eigenvalue weighted by Crippen LogP contribution is -2.00. The van der Waals surface area contributed by atoms with Crippen molar-refractivity contribution in [1.29, 1.82) is 0 Å². The van der Waals surface area contributed by atoms with Gasteiger partial charge in [-0.05, 0) is 18.6 Å². The van der Waals surface area contributed by atoms with Gasteiger partial charge in [-0.3, -0.25) is 0 Å². The molecular weight excluding hydrogens is 270 g/mol. The van der Waals surface area contributed by atoms with Crippen LogP contribution in [-0.4, -0.2) is 12.5 Å². The predicted molar refractivity (Wildman–Crippen MR) is 59.8 cm³/mol. The number of halogens is 3. The van der Waals surface area contributed by atoms with Gasteiger partial charge < -0.3 is 4.74 Å². The zero-order chi connectivity index (χ0) is 10.4. The number of ether oxygens (including phenoxy) is 1. The minimum Gasteiger partial charge on any atom is -0.493 e. The smallest absolute Gasteiger partial charge is 0.126 e. The summed E-state index contributed by atoms with van der Waals surface area (Å²) in [4.78, 5) is 0. The van der Waals surface area contributed by atoms with Gasteiger partial charge in [-0.15, -0.1) is 11.6 Å². The standard InChI is InChI=1S/C10H11BrClFO/c11-9-3-1-4-10(8(9)7-13)14-6-2-5-12/h1,3-4H,2,5-7H2. The molecule has 1 aromatic carbocycles. The van der Waals surface area contributed by atoms with E-state index in [0.29, 0.717) is 23.8 Å². The van der Waals surface area contributed by atoms with Crippen molar-refractivity contribution in [3.8, 4) is 5.75 Å². The highest BCUT2D eigenvalue weighted by molar-refractivity contribution is 9.10. The van der Waals surface area contributed by atoms with Crippen LogP contribution in [0.3, 0.4) is 0 Å². The highest BCUT2D eigenvalue weighted by atomic mass is 79.9. The van der Waals surface area contributed by atoms with Gasteiger partial charge in [-0.1, -0.05) is 22.0 Å². The van der Waals surface area contributed by atoms with Crippen LogP contribution >= 0.6 is 27.5 Å². The number of hydrogen-bond acceptors (Lipinski definition) is 1. The molecule has 0 fully saturated rings. The first-order valence-corrected chi connectivity index (χ1v) is 5.64. The van der Waals surface area contributed by atoms with Crippen LogP contribution in [0, 0.1) is 0 Å². The number of alkyl halides is 2. The number of benzene rings is 1. The molecule has 1 aromatic rings. The molecule has 0 saturated heterocycles. The van der Waals surface area contributed by atoms with E-state index in [2.05, 4.69) is 15.9 Å². The van der Waals surface area contributed by atoms with Gasteiger partial charge in [-0.25, -0.2) is 4.39 Å². The molecule has 0 amide bonds. The minimum absolute atomic E-state index is 0.521. The molecular formula is C10H11BrClFO. The van der Waals surface area contributed by atoms with Gasteiger partial charge in [-0.2, -0.15) is 0 Å². The zero-order valence-electron chi connectivity index (χ0n) is 7.60. The third-order valence-electron chi connectivity index (χ3n) is 1.75. The lowest BCUT2D eigenvalue weighted by Gasteiger charge is -2.09. The van der Waals surface area contributed by atoms with Crippen LogP contribution in [0.4, 0.5) is 4.39 Å². The fourth-order valence-corrected chi connectivity index (χ4v) is 1.60. The second-order valence-electron chi connectivity index (χ2n) is 2.74. The molecule has 0 bridgehead atoms.